The Labute approximate surface area is 183 Å². The maximum absolute atomic E-state index is 13.0. The highest BCUT2D eigenvalue weighted by atomic mass is 19.4. The first-order chi connectivity index (χ1) is 14.8. The van der Waals surface area contributed by atoms with Crippen LogP contribution in [0.3, 0.4) is 0 Å². The number of ether oxygens (including phenoxy) is 1. The van der Waals surface area contributed by atoms with Gasteiger partial charge in [-0.05, 0) is 43.0 Å². The molecule has 1 fully saturated rings. The lowest BCUT2D eigenvalue weighted by molar-refractivity contribution is -0.147. The molecular formula is C22H29F6NO3. The van der Waals surface area contributed by atoms with E-state index in [9.17, 15) is 31.1 Å². The van der Waals surface area contributed by atoms with E-state index in [0.29, 0.717) is 18.5 Å². The predicted molar refractivity (Wildman–Crippen MR) is 106 cm³/mol. The van der Waals surface area contributed by atoms with E-state index in [1.165, 1.54) is 12.1 Å². The highest BCUT2D eigenvalue weighted by molar-refractivity contribution is 5.67. The van der Waals surface area contributed by atoms with Gasteiger partial charge in [-0.15, -0.1) is 0 Å². The highest BCUT2D eigenvalue weighted by Gasteiger charge is 2.39. The molecule has 1 heterocycles. The summed E-state index contributed by atoms with van der Waals surface area (Å²) in [6.07, 6.45) is -9.96. The van der Waals surface area contributed by atoms with Crippen LogP contribution in [0.5, 0.6) is 0 Å². The maximum Gasteiger partial charge on any atom is 0.416 e. The fourth-order valence-corrected chi connectivity index (χ4v) is 3.97. The molecule has 0 radical (unpaired) electrons. The fraction of sp³-hybridized carbons (Fsp3) is 0.682. The number of carboxylic acids is 1. The lowest BCUT2D eigenvalue weighted by atomic mass is 9.82. The molecule has 182 valence electrons. The summed E-state index contributed by atoms with van der Waals surface area (Å²) in [5.41, 5.74) is -0.288. The van der Waals surface area contributed by atoms with Crippen molar-refractivity contribution >= 4 is 5.97 Å². The largest absolute Gasteiger partial charge is 0.481 e. The van der Waals surface area contributed by atoms with Gasteiger partial charge >= 0.3 is 18.3 Å². The number of aliphatic carboxylic acids is 1. The van der Waals surface area contributed by atoms with Gasteiger partial charge in [0.1, 0.15) is 0 Å². The summed E-state index contributed by atoms with van der Waals surface area (Å²) in [7, 11) is 0. The number of carbonyl (C=O) groups is 1. The summed E-state index contributed by atoms with van der Waals surface area (Å²) < 4.78 is 83.4. The van der Waals surface area contributed by atoms with Crippen molar-refractivity contribution in [2.45, 2.75) is 69.9 Å². The molecule has 2 rings (SSSR count). The molecule has 1 aliphatic heterocycles. The number of rotatable bonds is 9. The predicted octanol–water partition coefficient (Wildman–Crippen LogP) is 5.72. The topological polar surface area (TPSA) is 49.8 Å². The van der Waals surface area contributed by atoms with E-state index in [2.05, 4.69) is 0 Å². The van der Waals surface area contributed by atoms with E-state index in [4.69, 9.17) is 9.84 Å². The molecule has 0 bridgehead atoms. The molecule has 0 saturated carbocycles. The molecule has 0 amide bonds. The number of carboxylic acid groups (broad SMARTS) is 1. The second-order valence-corrected chi connectivity index (χ2v) is 8.67. The monoisotopic (exact) mass is 469 g/mol. The Hall–Kier alpha value is -1.81. The van der Waals surface area contributed by atoms with Crippen molar-refractivity contribution in [2.24, 2.45) is 5.92 Å². The molecule has 3 atom stereocenters. The Bertz CT molecular complexity index is 733. The Morgan fingerprint density at radius 1 is 1.12 bits per heavy atom. The van der Waals surface area contributed by atoms with Crippen LogP contribution in [0.25, 0.3) is 0 Å². The summed E-state index contributed by atoms with van der Waals surface area (Å²) in [4.78, 5) is 12.8. The minimum absolute atomic E-state index is 0.0135. The number of alkyl halides is 6. The zero-order valence-corrected chi connectivity index (χ0v) is 18.0. The number of halogens is 6. The van der Waals surface area contributed by atoms with Crippen molar-refractivity contribution in [3.05, 3.63) is 35.4 Å². The van der Waals surface area contributed by atoms with Crippen LogP contribution in [0.15, 0.2) is 24.3 Å². The zero-order valence-electron chi connectivity index (χ0n) is 18.0. The first-order valence-corrected chi connectivity index (χ1v) is 10.6. The van der Waals surface area contributed by atoms with Crippen LogP contribution in [-0.2, 0) is 15.7 Å². The Balaban J connectivity index is 2.32. The lowest BCUT2D eigenvalue weighted by Gasteiger charge is -2.43. The van der Waals surface area contributed by atoms with Crippen LogP contribution < -0.4 is 0 Å². The third-order valence-corrected chi connectivity index (χ3v) is 5.70. The summed E-state index contributed by atoms with van der Waals surface area (Å²) in [5, 5.41) is 9.10. The second-order valence-electron chi connectivity index (χ2n) is 8.67. The summed E-state index contributed by atoms with van der Waals surface area (Å²) in [6, 6.07) is 4.05. The van der Waals surface area contributed by atoms with Crippen molar-refractivity contribution in [3.8, 4) is 0 Å². The van der Waals surface area contributed by atoms with Gasteiger partial charge in [0, 0.05) is 18.5 Å². The van der Waals surface area contributed by atoms with Crippen molar-refractivity contribution < 1.29 is 41.0 Å². The second kappa shape index (κ2) is 10.9. The number of hydrogen-bond acceptors (Lipinski definition) is 3. The van der Waals surface area contributed by atoms with Gasteiger partial charge in [-0.3, -0.25) is 9.69 Å². The smallest absolute Gasteiger partial charge is 0.416 e. The molecule has 1 N–H and O–H groups in total. The SMILES string of the molecule is CC(C)CCN(CCC(F)(F)F)C1COC(CC(=O)O)CC1c1ccc(C(F)(F)F)cc1. The molecule has 3 unspecified atom stereocenters. The minimum atomic E-state index is -4.50. The minimum Gasteiger partial charge on any atom is -0.481 e. The summed E-state index contributed by atoms with van der Waals surface area (Å²) >= 11 is 0. The Kier molecular flexibility index (Phi) is 8.98. The number of nitrogens with zero attached hydrogens (tertiary/aromatic N) is 1. The highest BCUT2D eigenvalue weighted by Crippen LogP contribution is 2.37. The third-order valence-electron chi connectivity index (χ3n) is 5.70. The third kappa shape index (κ3) is 8.27. The molecule has 1 aliphatic rings. The van der Waals surface area contributed by atoms with Gasteiger partial charge in [0.15, 0.2) is 0 Å². The summed E-state index contributed by atoms with van der Waals surface area (Å²) in [5.74, 6) is -1.28. The van der Waals surface area contributed by atoms with E-state index in [1.54, 1.807) is 4.90 Å². The van der Waals surface area contributed by atoms with Gasteiger partial charge in [0.05, 0.1) is 31.1 Å². The number of benzene rings is 1. The molecule has 0 aromatic heterocycles. The summed E-state index contributed by atoms with van der Waals surface area (Å²) in [6.45, 7) is 4.04. The van der Waals surface area contributed by atoms with E-state index in [-0.39, 0.29) is 31.9 Å². The normalized spacial score (nSPS) is 22.5. The van der Waals surface area contributed by atoms with Crippen molar-refractivity contribution in [1.29, 1.82) is 0 Å². The molecule has 1 saturated heterocycles. The van der Waals surface area contributed by atoms with Crippen molar-refractivity contribution in [2.75, 3.05) is 19.7 Å². The van der Waals surface area contributed by atoms with Crippen molar-refractivity contribution in [1.82, 2.24) is 4.90 Å². The van der Waals surface area contributed by atoms with Gasteiger partial charge in [0.2, 0.25) is 0 Å². The fourth-order valence-electron chi connectivity index (χ4n) is 3.97. The lowest BCUT2D eigenvalue weighted by Crippen LogP contribution is -2.49. The van der Waals surface area contributed by atoms with Gasteiger partial charge in [-0.1, -0.05) is 26.0 Å². The van der Waals surface area contributed by atoms with Gasteiger partial charge in [-0.2, -0.15) is 26.3 Å². The van der Waals surface area contributed by atoms with Gasteiger partial charge in [-0.25, -0.2) is 0 Å². The molecule has 32 heavy (non-hydrogen) atoms. The first-order valence-electron chi connectivity index (χ1n) is 10.6. The first kappa shape index (κ1) is 26.4. The zero-order chi connectivity index (χ0) is 24.1. The van der Waals surface area contributed by atoms with E-state index in [0.717, 1.165) is 12.1 Å². The molecule has 4 nitrogen and oxygen atoms in total. The van der Waals surface area contributed by atoms with E-state index >= 15 is 0 Å². The van der Waals surface area contributed by atoms with Crippen LogP contribution in [0.1, 0.15) is 56.6 Å². The Morgan fingerprint density at radius 2 is 1.75 bits per heavy atom. The molecule has 0 spiro atoms. The maximum atomic E-state index is 13.0. The van der Waals surface area contributed by atoms with Crippen molar-refractivity contribution in [3.63, 3.8) is 0 Å². The molecule has 1 aromatic rings. The molecular weight excluding hydrogens is 440 g/mol. The van der Waals surface area contributed by atoms with Crippen LogP contribution >= 0.6 is 0 Å². The van der Waals surface area contributed by atoms with Crippen LogP contribution in [-0.4, -0.2) is 54.0 Å². The quantitative estimate of drug-likeness (QED) is 0.470. The van der Waals surface area contributed by atoms with E-state index < -0.39 is 48.4 Å². The van der Waals surface area contributed by atoms with Crippen LogP contribution in [0.4, 0.5) is 26.3 Å². The van der Waals surface area contributed by atoms with Gasteiger partial charge < -0.3 is 9.84 Å². The standard InChI is InChI=1S/C22H29F6NO3/c1-14(2)7-9-29(10-8-21(23,24)25)19-13-32-17(12-20(30)31)11-18(19)15-3-5-16(6-4-15)22(26,27)28/h3-6,14,17-19H,7-13H2,1-2H3,(H,30,31). The molecule has 1 aromatic carbocycles. The number of hydrogen-bond donors (Lipinski definition) is 1. The van der Waals surface area contributed by atoms with E-state index in [1.807, 2.05) is 13.8 Å². The molecule has 0 aliphatic carbocycles. The average molecular weight is 469 g/mol. The van der Waals surface area contributed by atoms with Gasteiger partial charge in [0.25, 0.3) is 0 Å². The Morgan fingerprint density at radius 3 is 2.25 bits per heavy atom. The van der Waals surface area contributed by atoms with Crippen LogP contribution in [0.2, 0.25) is 0 Å². The average Bonchev–Trinajstić information content (AvgIpc) is 2.66. The molecule has 10 heteroatoms. The van der Waals surface area contributed by atoms with Crippen LogP contribution in [0, 0.1) is 5.92 Å².